The summed E-state index contributed by atoms with van der Waals surface area (Å²) in [7, 11) is 3.66. The van der Waals surface area contributed by atoms with Crippen LogP contribution in [0.15, 0.2) is 35.3 Å². The van der Waals surface area contributed by atoms with E-state index in [0.717, 1.165) is 18.9 Å². The number of hydrogen-bond donors (Lipinski definition) is 2. The maximum atomic E-state index is 4.11. The van der Waals surface area contributed by atoms with Gasteiger partial charge in [-0.3, -0.25) is 4.99 Å². The van der Waals surface area contributed by atoms with Crippen molar-refractivity contribution in [2.24, 2.45) is 10.4 Å². The molecule has 2 N–H and O–H groups in total. The quantitative estimate of drug-likeness (QED) is 0.617. The van der Waals surface area contributed by atoms with E-state index in [1.165, 1.54) is 5.56 Å². The van der Waals surface area contributed by atoms with Gasteiger partial charge in [0.2, 0.25) is 0 Å². The molecule has 0 radical (unpaired) electrons. The molecule has 0 bridgehead atoms. The molecule has 94 valence electrons. The van der Waals surface area contributed by atoms with Crippen LogP contribution in [-0.2, 0) is 6.42 Å². The van der Waals surface area contributed by atoms with Crippen LogP contribution < -0.4 is 10.6 Å². The summed E-state index contributed by atoms with van der Waals surface area (Å²) in [5, 5.41) is 6.35. The summed E-state index contributed by atoms with van der Waals surface area (Å²) < 4.78 is 0. The third-order valence-electron chi connectivity index (χ3n) is 2.72. The molecule has 0 aliphatic carbocycles. The highest BCUT2D eigenvalue weighted by atomic mass is 15.2. The van der Waals surface area contributed by atoms with Gasteiger partial charge >= 0.3 is 0 Å². The number of benzene rings is 1. The molecule has 0 saturated carbocycles. The maximum Gasteiger partial charge on any atom is 0.190 e. The Morgan fingerprint density at radius 3 is 2.41 bits per heavy atom. The van der Waals surface area contributed by atoms with Crippen LogP contribution in [0.25, 0.3) is 0 Å². The van der Waals surface area contributed by atoms with E-state index in [4.69, 9.17) is 0 Å². The first kappa shape index (κ1) is 13.6. The molecule has 0 heterocycles. The Morgan fingerprint density at radius 1 is 1.24 bits per heavy atom. The van der Waals surface area contributed by atoms with Crippen molar-refractivity contribution in [2.75, 3.05) is 20.6 Å². The molecule has 0 saturated heterocycles. The number of nitrogens with one attached hydrogen (secondary N) is 2. The Hall–Kier alpha value is -1.51. The highest BCUT2D eigenvalue weighted by Crippen LogP contribution is 2.20. The zero-order valence-electron chi connectivity index (χ0n) is 11.2. The van der Waals surface area contributed by atoms with Crippen LogP contribution in [0.5, 0.6) is 0 Å². The fraction of sp³-hybridized carbons (Fsp3) is 0.500. The van der Waals surface area contributed by atoms with Crippen molar-refractivity contribution in [1.82, 2.24) is 10.6 Å². The Bertz CT molecular complexity index is 355. The summed E-state index contributed by atoms with van der Waals surface area (Å²) >= 11 is 0. The lowest BCUT2D eigenvalue weighted by molar-refractivity contribution is 0.359. The fourth-order valence-corrected chi connectivity index (χ4v) is 1.81. The Kier molecular flexibility index (Phi) is 5.01. The third-order valence-corrected chi connectivity index (χ3v) is 2.72. The second-order valence-corrected chi connectivity index (χ2v) is 5.00. The molecule has 0 aliphatic rings. The smallest absolute Gasteiger partial charge is 0.190 e. The van der Waals surface area contributed by atoms with Crippen molar-refractivity contribution < 1.29 is 0 Å². The first-order valence-electron chi connectivity index (χ1n) is 6.00. The molecule has 3 heteroatoms. The number of rotatable bonds is 4. The van der Waals surface area contributed by atoms with E-state index in [0.29, 0.717) is 0 Å². The van der Waals surface area contributed by atoms with Crippen molar-refractivity contribution in [3.05, 3.63) is 35.9 Å². The summed E-state index contributed by atoms with van der Waals surface area (Å²) in [6.07, 6.45) is 1.06. The molecule has 3 nitrogen and oxygen atoms in total. The third kappa shape index (κ3) is 4.89. The predicted octanol–water partition coefficient (Wildman–Crippen LogP) is 2.05. The molecule has 1 rings (SSSR count). The van der Waals surface area contributed by atoms with Crippen molar-refractivity contribution >= 4 is 5.96 Å². The molecule has 0 spiro atoms. The van der Waals surface area contributed by atoms with Crippen LogP contribution in [-0.4, -0.2) is 26.6 Å². The van der Waals surface area contributed by atoms with Crippen molar-refractivity contribution in [3.8, 4) is 0 Å². The van der Waals surface area contributed by atoms with Crippen LogP contribution in [0.2, 0.25) is 0 Å². The molecule has 0 unspecified atom stereocenters. The molecule has 0 fully saturated rings. The summed E-state index contributed by atoms with van der Waals surface area (Å²) in [5.74, 6) is 0.839. The van der Waals surface area contributed by atoms with E-state index in [2.05, 4.69) is 59.8 Å². The van der Waals surface area contributed by atoms with Crippen LogP contribution in [0.1, 0.15) is 19.4 Å². The van der Waals surface area contributed by atoms with E-state index in [1.54, 1.807) is 7.05 Å². The lowest BCUT2D eigenvalue weighted by Crippen LogP contribution is -2.41. The monoisotopic (exact) mass is 233 g/mol. The van der Waals surface area contributed by atoms with Crippen LogP contribution in [0.4, 0.5) is 0 Å². The molecule has 0 aromatic heterocycles. The summed E-state index contributed by atoms with van der Waals surface area (Å²) in [6.45, 7) is 5.42. The molecule has 0 amide bonds. The van der Waals surface area contributed by atoms with Crippen molar-refractivity contribution in [3.63, 3.8) is 0 Å². The molecule has 0 aliphatic heterocycles. The Labute approximate surface area is 104 Å². The van der Waals surface area contributed by atoms with E-state index in [1.807, 2.05) is 7.05 Å². The van der Waals surface area contributed by atoms with Gasteiger partial charge in [0, 0.05) is 20.6 Å². The van der Waals surface area contributed by atoms with Crippen molar-refractivity contribution in [2.45, 2.75) is 20.3 Å². The molecule has 1 aromatic carbocycles. The lowest BCUT2D eigenvalue weighted by atomic mass is 9.86. The van der Waals surface area contributed by atoms with E-state index < -0.39 is 0 Å². The largest absolute Gasteiger partial charge is 0.359 e. The topological polar surface area (TPSA) is 36.4 Å². The maximum absolute atomic E-state index is 4.11. The molecular weight excluding hydrogens is 210 g/mol. The summed E-state index contributed by atoms with van der Waals surface area (Å²) in [4.78, 5) is 4.11. The normalized spacial score (nSPS) is 12.4. The average Bonchev–Trinajstić information content (AvgIpc) is 2.31. The van der Waals surface area contributed by atoms with Gasteiger partial charge in [0.25, 0.3) is 0 Å². The highest BCUT2D eigenvalue weighted by molar-refractivity contribution is 5.79. The van der Waals surface area contributed by atoms with E-state index >= 15 is 0 Å². The number of guanidine groups is 1. The van der Waals surface area contributed by atoms with Gasteiger partial charge in [0.15, 0.2) is 5.96 Å². The second-order valence-electron chi connectivity index (χ2n) is 5.00. The van der Waals surface area contributed by atoms with Crippen LogP contribution in [0, 0.1) is 5.41 Å². The fourth-order valence-electron chi connectivity index (χ4n) is 1.81. The van der Waals surface area contributed by atoms with Gasteiger partial charge in [-0.2, -0.15) is 0 Å². The van der Waals surface area contributed by atoms with Crippen molar-refractivity contribution in [1.29, 1.82) is 0 Å². The van der Waals surface area contributed by atoms with Crippen LogP contribution >= 0.6 is 0 Å². The average molecular weight is 233 g/mol. The van der Waals surface area contributed by atoms with Gasteiger partial charge in [-0.05, 0) is 17.4 Å². The standard InChI is InChI=1S/C14H23N3/c1-14(2,11-17-13(15-3)16-4)10-12-8-6-5-7-9-12/h5-9H,10-11H2,1-4H3,(H2,15,16,17). The Balaban J connectivity index is 2.51. The number of aliphatic imine (C=N–C) groups is 1. The van der Waals surface area contributed by atoms with Gasteiger partial charge < -0.3 is 10.6 Å². The van der Waals surface area contributed by atoms with Gasteiger partial charge in [0.05, 0.1) is 0 Å². The van der Waals surface area contributed by atoms with Gasteiger partial charge in [-0.15, -0.1) is 0 Å². The minimum atomic E-state index is 0.203. The minimum absolute atomic E-state index is 0.203. The number of nitrogens with zero attached hydrogens (tertiary/aromatic N) is 1. The Morgan fingerprint density at radius 2 is 1.88 bits per heavy atom. The summed E-state index contributed by atoms with van der Waals surface area (Å²) in [5.41, 5.74) is 1.58. The highest BCUT2D eigenvalue weighted by Gasteiger charge is 2.18. The molecule has 0 atom stereocenters. The van der Waals surface area contributed by atoms with Gasteiger partial charge in [0.1, 0.15) is 0 Å². The minimum Gasteiger partial charge on any atom is -0.359 e. The van der Waals surface area contributed by atoms with E-state index in [9.17, 15) is 0 Å². The predicted molar refractivity (Wildman–Crippen MR) is 74.3 cm³/mol. The second kappa shape index (κ2) is 6.28. The van der Waals surface area contributed by atoms with Crippen LogP contribution in [0.3, 0.4) is 0 Å². The molecule has 17 heavy (non-hydrogen) atoms. The zero-order valence-corrected chi connectivity index (χ0v) is 11.2. The zero-order chi connectivity index (χ0) is 12.7. The first-order chi connectivity index (χ1) is 8.07. The van der Waals surface area contributed by atoms with Gasteiger partial charge in [-0.25, -0.2) is 0 Å². The number of hydrogen-bond acceptors (Lipinski definition) is 1. The first-order valence-corrected chi connectivity index (χ1v) is 6.00. The summed E-state index contributed by atoms with van der Waals surface area (Å²) in [6, 6.07) is 10.6. The van der Waals surface area contributed by atoms with E-state index in [-0.39, 0.29) is 5.41 Å². The SMILES string of the molecule is CN=C(NC)NCC(C)(C)Cc1ccccc1. The molecular formula is C14H23N3. The van der Waals surface area contributed by atoms with Gasteiger partial charge in [-0.1, -0.05) is 44.2 Å². The lowest BCUT2D eigenvalue weighted by Gasteiger charge is -2.26. The molecule has 1 aromatic rings.